The highest BCUT2D eigenvalue weighted by Crippen LogP contribution is 2.34. The van der Waals surface area contributed by atoms with Gasteiger partial charge >= 0.3 is 0 Å². The molecule has 0 aromatic heterocycles. The smallest absolute Gasteiger partial charge is 0.221 e. The summed E-state index contributed by atoms with van der Waals surface area (Å²) < 4.78 is 43.3. The number of carbonyl (C=O) groups excluding carboxylic acids is 1. The van der Waals surface area contributed by atoms with Crippen LogP contribution in [0.2, 0.25) is 0 Å². The molecule has 2 aromatic carbocycles. The molecule has 2 aromatic rings. The van der Waals surface area contributed by atoms with Crippen molar-refractivity contribution >= 4 is 21.6 Å². The highest BCUT2D eigenvalue weighted by atomic mass is 32.2. The molecule has 0 bridgehead atoms. The molecular weight excluding hydrogens is 429 g/mol. The number of sulfonamides is 1. The summed E-state index contributed by atoms with van der Waals surface area (Å²) in [4.78, 5) is 15.4. The second kappa shape index (κ2) is 9.58. The normalized spacial score (nSPS) is 21.9. The molecule has 2 heterocycles. The SMILES string of the molecule is CC(=O)N1CCN(c2ccc(CN3CCCCC(c4ccccc4)S3(=O)=O)c(F)c2)CC1. The Morgan fingerprint density at radius 3 is 2.38 bits per heavy atom. The number of hydrogen-bond acceptors (Lipinski definition) is 4. The van der Waals surface area contributed by atoms with Gasteiger partial charge in [0, 0.05) is 57.4 Å². The maximum absolute atomic E-state index is 15.0. The van der Waals surface area contributed by atoms with Crippen molar-refractivity contribution in [1.82, 2.24) is 9.21 Å². The third-order valence-electron chi connectivity index (χ3n) is 6.49. The number of hydrogen-bond donors (Lipinski definition) is 0. The number of amides is 1. The van der Waals surface area contributed by atoms with E-state index in [-0.39, 0.29) is 12.5 Å². The van der Waals surface area contributed by atoms with E-state index in [1.807, 2.05) is 36.4 Å². The molecule has 2 aliphatic rings. The van der Waals surface area contributed by atoms with Crippen molar-refractivity contribution in [3.63, 3.8) is 0 Å². The van der Waals surface area contributed by atoms with E-state index in [4.69, 9.17) is 0 Å². The van der Waals surface area contributed by atoms with Crippen LogP contribution in [0.3, 0.4) is 0 Å². The number of carbonyl (C=O) groups is 1. The van der Waals surface area contributed by atoms with Crippen LogP contribution in [0.25, 0.3) is 0 Å². The van der Waals surface area contributed by atoms with Crippen molar-refractivity contribution in [1.29, 1.82) is 0 Å². The third kappa shape index (κ3) is 4.81. The number of piperazine rings is 1. The molecule has 0 spiro atoms. The predicted octanol–water partition coefficient (Wildman–Crippen LogP) is 3.55. The monoisotopic (exact) mass is 459 g/mol. The summed E-state index contributed by atoms with van der Waals surface area (Å²) in [5.41, 5.74) is 1.93. The van der Waals surface area contributed by atoms with Gasteiger partial charge < -0.3 is 9.80 Å². The Balaban J connectivity index is 1.50. The van der Waals surface area contributed by atoms with Crippen molar-refractivity contribution in [2.75, 3.05) is 37.6 Å². The first-order valence-electron chi connectivity index (χ1n) is 11.2. The van der Waals surface area contributed by atoms with Gasteiger partial charge in [0.25, 0.3) is 0 Å². The minimum absolute atomic E-state index is 0.0376. The lowest BCUT2D eigenvalue weighted by atomic mass is 10.1. The Bertz CT molecular complexity index is 1050. The highest BCUT2D eigenvalue weighted by Gasteiger charge is 2.35. The van der Waals surface area contributed by atoms with Gasteiger partial charge in [-0.15, -0.1) is 0 Å². The molecular formula is C24H30FN3O3S. The van der Waals surface area contributed by atoms with Gasteiger partial charge in [0.15, 0.2) is 0 Å². The second-order valence-electron chi connectivity index (χ2n) is 8.54. The zero-order chi connectivity index (χ0) is 22.7. The van der Waals surface area contributed by atoms with Crippen LogP contribution in [0.4, 0.5) is 10.1 Å². The van der Waals surface area contributed by atoms with E-state index >= 15 is 4.39 Å². The fraction of sp³-hybridized carbons (Fsp3) is 0.458. The number of rotatable bonds is 4. The number of anilines is 1. The molecule has 2 saturated heterocycles. The molecule has 0 radical (unpaired) electrons. The van der Waals surface area contributed by atoms with Gasteiger partial charge in [0.2, 0.25) is 15.9 Å². The van der Waals surface area contributed by atoms with Crippen molar-refractivity contribution in [2.24, 2.45) is 0 Å². The third-order valence-corrected chi connectivity index (χ3v) is 8.75. The zero-order valence-corrected chi connectivity index (χ0v) is 19.2. The maximum Gasteiger partial charge on any atom is 0.221 e. The molecule has 2 fully saturated rings. The molecule has 32 heavy (non-hydrogen) atoms. The molecule has 8 heteroatoms. The van der Waals surface area contributed by atoms with Gasteiger partial charge in [0.05, 0.1) is 0 Å². The summed E-state index contributed by atoms with van der Waals surface area (Å²) in [5.74, 6) is -0.342. The molecule has 0 aliphatic carbocycles. The molecule has 1 unspecified atom stereocenters. The lowest BCUT2D eigenvalue weighted by Gasteiger charge is -2.35. The largest absolute Gasteiger partial charge is 0.368 e. The summed E-state index contributed by atoms with van der Waals surface area (Å²) in [5, 5.41) is -0.592. The number of halogens is 1. The molecule has 172 valence electrons. The fourth-order valence-electron chi connectivity index (χ4n) is 4.58. The fourth-order valence-corrected chi connectivity index (χ4v) is 6.61. The van der Waals surface area contributed by atoms with E-state index in [1.165, 1.54) is 10.4 Å². The van der Waals surface area contributed by atoms with Gasteiger partial charge in [-0.1, -0.05) is 42.8 Å². The topological polar surface area (TPSA) is 60.9 Å². The first-order valence-corrected chi connectivity index (χ1v) is 12.7. The molecule has 1 amide bonds. The van der Waals surface area contributed by atoms with E-state index in [0.29, 0.717) is 44.7 Å². The van der Waals surface area contributed by atoms with Crippen molar-refractivity contribution < 1.29 is 17.6 Å². The Labute approximate surface area is 189 Å². The van der Waals surface area contributed by atoms with E-state index in [0.717, 1.165) is 24.1 Å². The van der Waals surface area contributed by atoms with Crippen LogP contribution in [0.5, 0.6) is 0 Å². The zero-order valence-electron chi connectivity index (χ0n) is 18.4. The van der Waals surface area contributed by atoms with Crippen molar-refractivity contribution in [3.8, 4) is 0 Å². The summed E-state index contributed by atoms with van der Waals surface area (Å²) >= 11 is 0. The van der Waals surface area contributed by atoms with Crippen LogP contribution < -0.4 is 4.90 Å². The second-order valence-corrected chi connectivity index (χ2v) is 10.7. The molecule has 6 nitrogen and oxygen atoms in total. The molecule has 1 atom stereocenters. The number of nitrogens with zero attached hydrogens (tertiary/aromatic N) is 3. The Kier molecular flexibility index (Phi) is 6.81. The van der Waals surface area contributed by atoms with Crippen LogP contribution in [-0.4, -0.2) is 56.3 Å². The summed E-state index contributed by atoms with van der Waals surface area (Å²) in [6.07, 6.45) is 2.17. The first-order chi connectivity index (χ1) is 15.4. The van der Waals surface area contributed by atoms with E-state index in [9.17, 15) is 13.2 Å². The molecule has 2 aliphatic heterocycles. The Morgan fingerprint density at radius 2 is 1.72 bits per heavy atom. The minimum atomic E-state index is -3.59. The lowest BCUT2D eigenvalue weighted by Crippen LogP contribution is -2.48. The Morgan fingerprint density at radius 1 is 1.00 bits per heavy atom. The van der Waals surface area contributed by atoms with Crippen LogP contribution in [-0.2, 0) is 21.4 Å². The van der Waals surface area contributed by atoms with Gasteiger partial charge in [-0.3, -0.25) is 4.79 Å². The van der Waals surface area contributed by atoms with E-state index in [1.54, 1.807) is 17.9 Å². The van der Waals surface area contributed by atoms with Crippen molar-refractivity contribution in [3.05, 3.63) is 65.5 Å². The van der Waals surface area contributed by atoms with Crippen molar-refractivity contribution in [2.45, 2.75) is 38.0 Å². The first kappa shape index (κ1) is 22.7. The quantitative estimate of drug-likeness (QED) is 0.702. The maximum atomic E-state index is 15.0. The highest BCUT2D eigenvalue weighted by molar-refractivity contribution is 7.89. The average molecular weight is 460 g/mol. The van der Waals surface area contributed by atoms with Crippen LogP contribution in [0.1, 0.15) is 42.6 Å². The average Bonchev–Trinajstić information content (AvgIpc) is 2.93. The van der Waals surface area contributed by atoms with Gasteiger partial charge in [-0.05, 0) is 30.5 Å². The van der Waals surface area contributed by atoms with E-state index < -0.39 is 21.1 Å². The number of benzene rings is 2. The van der Waals surface area contributed by atoms with Gasteiger partial charge in [0.1, 0.15) is 11.1 Å². The van der Waals surface area contributed by atoms with Gasteiger partial charge in [-0.25, -0.2) is 12.8 Å². The Hall–Kier alpha value is -2.45. The van der Waals surface area contributed by atoms with Gasteiger partial charge in [-0.2, -0.15) is 4.31 Å². The van der Waals surface area contributed by atoms with Crippen LogP contribution >= 0.6 is 0 Å². The predicted molar refractivity (Wildman–Crippen MR) is 123 cm³/mol. The molecule has 4 rings (SSSR count). The van der Waals surface area contributed by atoms with Crippen LogP contribution in [0, 0.1) is 5.82 Å². The lowest BCUT2D eigenvalue weighted by molar-refractivity contribution is -0.129. The molecule has 0 saturated carbocycles. The summed E-state index contributed by atoms with van der Waals surface area (Å²) in [6.45, 7) is 4.53. The summed E-state index contributed by atoms with van der Waals surface area (Å²) in [7, 11) is -3.59. The standard InChI is InChI=1S/C24H30FN3O3S/c1-19(29)26-13-15-27(16-14-26)22-11-10-21(23(25)17-22)18-28-12-6-5-9-24(32(28,30)31)20-7-3-2-4-8-20/h2-4,7-8,10-11,17,24H,5-6,9,12-16,18H2,1H3. The van der Waals surface area contributed by atoms with Crippen LogP contribution in [0.15, 0.2) is 48.5 Å². The molecule has 0 N–H and O–H groups in total. The summed E-state index contributed by atoms with van der Waals surface area (Å²) in [6, 6.07) is 14.3. The minimum Gasteiger partial charge on any atom is -0.368 e. The van der Waals surface area contributed by atoms with E-state index in [2.05, 4.69) is 4.90 Å².